The molecule has 2 saturated heterocycles. The maximum atomic E-state index is 12.4. The van der Waals surface area contributed by atoms with Crippen molar-refractivity contribution in [2.24, 2.45) is 5.92 Å². The van der Waals surface area contributed by atoms with Crippen LogP contribution < -0.4 is 10.2 Å². The van der Waals surface area contributed by atoms with Gasteiger partial charge in [0.2, 0.25) is 5.95 Å². The molecule has 48 heavy (non-hydrogen) atoms. The predicted octanol–water partition coefficient (Wildman–Crippen LogP) is 7.55. The average molecular weight is 681 g/mol. The van der Waals surface area contributed by atoms with E-state index >= 15 is 0 Å². The summed E-state index contributed by atoms with van der Waals surface area (Å²) in [6, 6.07) is 11.9. The van der Waals surface area contributed by atoms with E-state index in [1.54, 1.807) is 15.6 Å². The number of pyridine rings is 1. The minimum atomic E-state index is -0.483. The number of aliphatic hydroxyl groups excluding tert-OH is 1. The highest BCUT2D eigenvalue weighted by molar-refractivity contribution is 6.30. The van der Waals surface area contributed by atoms with E-state index in [4.69, 9.17) is 21.3 Å². The lowest BCUT2D eigenvalue weighted by Crippen LogP contribution is -2.45. The number of hydrogen-bond acceptors (Lipinski definition) is 8. The van der Waals surface area contributed by atoms with Crippen molar-refractivity contribution in [1.82, 2.24) is 29.3 Å². The zero-order valence-electron chi connectivity index (χ0n) is 29.6. The molecule has 12 heteroatoms. The number of carbonyl (C=O) groups is 1. The second-order valence-electron chi connectivity index (χ2n) is 13.0. The molecule has 0 spiro atoms. The minimum absolute atomic E-state index is 0.102. The van der Waals surface area contributed by atoms with Crippen molar-refractivity contribution in [2.75, 3.05) is 43.0 Å². The summed E-state index contributed by atoms with van der Waals surface area (Å²) >= 11 is 6.11. The normalized spacial score (nSPS) is 16.4. The first-order valence-electron chi connectivity index (χ1n) is 17.4. The van der Waals surface area contributed by atoms with Crippen LogP contribution in [0.3, 0.4) is 0 Å². The van der Waals surface area contributed by atoms with Gasteiger partial charge in [0.25, 0.3) is 0 Å². The van der Waals surface area contributed by atoms with Crippen molar-refractivity contribution in [2.45, 2.75) is 91.7 Å². The van der Waals surface area contributed by atoms with Gasteiger partial charge >= 0.3 is 6.09 Å². The molecule has 4 aromatic rings. The van der Waals surface area contributed by atoms with Gasteiger partial charge < -0.3 is 25.0 Å². The zero-order chi connectivity index (χ0) is 34.9. The third kappa shape index (κ3) is 8.99. The molecular weight excluding hydrogens is 628 g/mol. The van der Waals surface area contributed by atoms with E-state index in [0.29, 0.717) is 30.0 Å². The van der Waals surface area contributed by atoms with Crippen LogP contribution in [0.2, 0.25) is 5.02 Å². The molecule has 2 N–H and O–H groups in total. The molecule has 6 rings (SSSR count). The summed E-state index contributed by atoms with van der Waals surface area (Å²) in [7, 11) is 0. The van der Waals surface area contributed by atoms with Gasteiger partial charge in [-0.3, -0.25) is 4.68 Å². The molecule has 0 atom stereocenters. The summed E-state index contributed by atoms with van der Waals surface area (Å²) in [5.41, 5.74) is 2.99. The minimum Gasteiger partial charge on any atom is -0.444 e. The molecule has 0 saturated carbocycles. The van der Waals surface area contributed by atoms with E-state index in [1.807, 2.05) is 95.9 Å². The molecule has 0 radical (unpaired) electrons. The van der Waals surface area contributed by atoms with E-state index in [0.717, 1.165) is 67.9 Å². The van der Waals surface area contributed by atoms with E-state index in [1.165, 1.54) is 0 Å². The third-order valence-corrected chi connectivity index (χ3v) is 9.02. The number of benzene rings is 1. The van der Waals surface area contributed by atoms with Gasteiger partial charge in [-0.15, -0.1) is 5.10 Å². The number of ether oxygens (including phenoxy) is 1. The number of halogens is 1. The molecule has 1 amide bonds. The second kappa shape index (κ2) is 16.5. The monoisotopic (exact) mass is 680 g/mol. The summed E-state index contributed by atoms with van der Waals surface area (Å²) in [6.07, 6.45) is 8.90. The Labute approximate surface area is 290 Å². The smallest absolute Gasteiger partial charge is 0.410 e. The molecule has 0 aliphatic carbocycles. The molecule has 3 aromatic heterocycles. The van der Waals surface area contributed by atoms with Crippen LogP contribution >= 0.6 is 11.6 Å². The Hall–Kier alpha value is -3.83. The Morgan fingerprint density at radius 2 is 1.71 bits per heavy atom. The van der Waals surface area contributed by atoms with Gasteiger partial charge in [0, 0.05) is 55.6 Å². The highest BCUT2D eigenvalue weighted by Crippen LogP contribution is 2.38. The fourth-order valence-corrected chi connectivity index (χ4v) is 6.38. The molecule has 11 nitrogen and oxygen atoms in total. The fourth-order valence-electron chi connectivity index (χ4n) is 6.26. The number of piperidine rings is 2. The number of fused-ring (bicyclic) bond motifs is 1. The van der Waals surface area contributed by atoms with Gasteiger partial charge in [-0.1, -0.05) is 51.4 Å². The number of rotatable bonds is 7. The van der Waals surface area contributed by atoms with Crippen molar-refractivity contribution in [3.63, 3.8) is 0 Å². The van der Waals surface area contributed by atoms with Crippen molar-refractivity contribution < 1.29 is 14.6 Å². The lowest BCUT2D eigenvalue weighted by Gasteiger charge is -2.42. The summed E-state index contributed by atoms with van der Waals surface area (Å²) in [5, 5.41) is 23.6. The van der Waals surface area contributed by atoms with Crippen LogP contribution in [0.1, 0.15) is 79.7 Å². The number of anilines is 3. The molecule has 2 aliphatic rings. The first kappa shape index (κ1) is 37.0. The third-order valence-electron chi connectivity index (χ3n) is 8.76. The SMILES string of the molecule is CC.CC.CC(C)(C)OC(=O)N1CCC(Cn2cc(Nc3nc4c(N5CCC(CO)(c6ccc(Cl)cc6)CC5)cccn4n3)cn2)CC1. The molecule has 5 heterocycles. The van der Waals surface area contributed by atoms with Crippen LogP contribution in [0.5, 0.6) is 0 Å². The van der Waals surface area contributed by atoms with Crippen LogP contribution in [0.15, 0.2) is 55.0 Å². The molecule has 2 aliphatic heterocycles. The Kier molecular flexibility index (Phi) is 12.7. The number of nitrogens with one attached hydrogen (secondary N) is 1. The molecule has 0 unspecified atom stereocenters. The second-order valence-corrected chi connectivity index (χ2v) is 13.5. The van der Waals surface area contributed by atoms with Gasteiger partial charge in [0.15, 0.2) is 5.65 Å². The lowest BCUT2D eigenvalue weighted by molar-refractivity contribution is 0.0177. The van der Waals surface area contributed by atoms with Gasteiger partial charge in [-0.2, -0.15) is 10.1 Å². The Morgan fingerprint density at radius 1 is 1.04 bits per heavy atom. The Balaban J connectivity index is 0.00000125. The van der Waals surface area contributed by atoms with Crippen molar-refractivity contribution >= 4 is 40.7 Å². The van der Waals surface area contributed by atoms with Crippen molar-refractivity contribution in [3.05, 3.63) is 65.6 Å². The van der Waals surface area contributed by atoms with Crippen LogP contribution in [-0.4, -0.2) is 78.9 Å². The standard InChI is InChI=1S/C32H41ClN8O3.2C2H6/c1-31(2,3)44-30(43)39-15-10-23(11-16-39)20-40-21-26(19-34-40)35-29-36-28-27(5-4-14-41(28)37-29)38-17-12-32(22-42,13-18-38)24-6-8-25(33)9-7-24;2*1-2/h4-9,14,19,21,23,42H,10-13,15-18,20,22H2,1-3H3,(H,35,37);2*1-2H3. The maximum absolute atomic E-state index is 12.4. The quantitative estimate of drug-likeness (QED) is 0.206. The van der Waals surface area contributed by atoms with Crippen molar-refractivity contribution in [3.8, 4) is 0 Å². The van der Waals surface area contributed by atoms with Crippen LogP contribution in [-0.2, 0) is 16.7 Å². The molecule has 0 bridgehead atoms. The number of hydrogen-bond donors (Lipinski definition) is 2. The van der Waals surface area contributed by atoms with Crippen LogP contribution in [0.25, 0.3) is 5.65 Å². The number of aromatic nitrogens is 5. The lowest BCUT2D eigenvalue weighted by atomic mass is 9.73. The molecule has 262 valence electrons. The van der Waals surface area contributed by atoms with Crippen molar-refractivity contribution in [1.29, 1.82) is 0 Å². The Bertz CT molecular complexity index is 1580. The highest BCUT2D eigenvalue weighted by Gasteiger charge is 2.36. The number of aliphatic hydroxyl groups is 1. The van der Waals surface area contributed by atoms with Gasteiger partial charge in [-0.05, 0) is 82.2 Å². The van der Waals surface area contributed by atoms with E-state index in [9.17, 15) is 9.90 Å². The van der Waals surface area contributed by atoms with Crippen LogP contribution in [0.4, 0.5) is 22.1 Å². The largest absolute Gasteiger partial charge is 0.444 e. The van der Waals surface area contributed by atoms with E-state index < -0.39 is 5.60 Å². The first-order valence-corrected chi connectivity index (χ1v) is 17.7. The maximum Gasteiger partial charge on any atom is 0.410 e. The topological polar surface area (TPSA) is 113 Å². The first-order chi connectivity index (χ1) is 23.1. The van der Waals surface area contributed by atoms with Gasteiger partial charge in [0.1, 0.15) is 5.60 Å². The van der Waals surface area contributed by atoms with Gasteiger partial charge in [-0.25, -0.2) is 9.31 Å². The highest BCUT2D eigenvalue weighted by atomic mass is 35.5. The van der Waals surface area contributed by atoms with Gasteiger partial charge in [0.05, 0.1) is 24.2 Å². The number of carbonyl (C=O) groups excluding carboxylic acids is 1. The molecular formula is C36H53ClN8O3. The zero-order valence-corrected chi connectivity index (χ0v) is 30.4. The summed E-state index contributed by atoms with van der Waals surface area (Å²) in [5.74, 6) is 0.941. The number of amides is 1. The predicted molar refractivity (Wildman–Crippen MR) is 193 cm³/mol. The molecule has 2 fully saturated rings. The van der Waals surface area contributed by atoms with Crippen LogP contribution in [0, 0.1) is 5.92 Å². The summed E-state index contributed by atoms with van der Waals surface area (Å²) in [4.78, 5) is 21.3. The number of likely N-dealkylation sites (tertiary alicyclic amines) is 1. The van der Waals surface area contributed by atoms with E-state index in [-0.39, 0.29) is 18.1 Å². The summed E-state index contributed by atoms with van der Waals surface area (Å²) < 4.78 is 9.26. The van der Waals surface area contributed by atoms with E-state index in [2.05, 4.69) is 26.5 Å². The Morgan fingerprint density at radius 3 is 2.33 bits per heavy atom. The summed E-state index contributed by atoms with van der Waals surface area (Å²) in [6.45, 7) is 17.5. The number of nitrogens with zero attached hydrogens (tertiary/aromatic N) is 7. The fraction of sp³-hybridized carbons (Fsp3) is 0.556. The molecule has 1 aromatic carbocycles. The average Bonchev–Trinajstić information content (AvgIpc) is 3.72.